The molecule has 2 N–H and O–H groups in total. The van der Waals surface area contributed by atoms with E-state index in [1.54, 1.807) is 12.4 Å². The highest BCUT2D eigenvalue weighted by Crippen LogP contribution is 2.30. The zero-order valence-corrected chi connectivity index (χ0v) is 16.8. The predicted octanol–water partition coefficient (Wildman–Crippen LogP) is 1.60. The summed E-state index contributed by atoms with van der Waals surface area (Å²) in [5.41, 5.74) is 4.99. The maximum Gasteiger partial charge on any atom is 0.333 e. The largest absolute Gasteiger partial charge is 0.401 e. The lowest BCUT2D eigenvalue weighted by Gasteiger charge is -2.15. The Morgan fingerprint density at radius 1 is 1.31 bits per heavy atom. The standard InChI is InChI=1S/C20H26N6O3/c1-3-4-9-24-18-17(26(12-23-18)14-7-5-6-8-14)19(28)25(20(24)29)11-16(27)15(10-21)13(2)22/h12,14H,3-9,11,22H2,1-2H3/b15-13+. The summed E-state index contributed by atoms with van der Waals surface area (Å²) in [5.74, 6) is -0.653. The molecule has 3 rings (SSSR count). The number of hydrogen-bond acceptors (Lipinski definition) is 6. The van der Waals surface area contributed by atoms with Crippen molar-refractivity contribution in [3.05, 3.63) is 38.4 Å². The summed E-state index contributed by atoms with van der Waals surface area (Å²) in [6.07, 6.45) is 7.29. The summed E-state index contributed by atoms with van der Waals surface area (Å²) in [6.45, 7) is 3.33. The zero-order valence-electron chi connectivity index (χ0n) is 16.8. The summed E-state index contributed by atoms with van der Waals surface area (Å²) in [6, 6.07) is 1.92. The van der Waals surface area contributed by atoms with Crippen LogP contribution in [-0.4, -0.2) is 24.5 Å². The third-order valence-corrected chi connectivity index (χ3v) is 5.48. The maximum absolute atomic E-state index is 13.2. The van der Waals surface area contributed by atoms with Crippen LogP contribution in [0.1, 0.15) is 58.4 Å². The molecule has 1 aliphatic carbocycles. The summed E-state index contributed by atoms with van der Waals surface area (Å²) >= 11 is 0. The second-order valence-electron chi connectivity index (χ2n) is 7.53. The van der Waals surface area contributed by atoms with Gasteiger partial charge in [-0.3, -0.25) is 18.7 Å². The van der Waals surface area contributed by atoms with Gasteiger partial charge in [-0.1, -0.05) is 26.2 Å². The van der Waals surface area contributed by atoms with Crippen LogP contribution in [0.25, 0.3) is 11.2 Å². The van der Waals surface area contributed by atoms with E-state index in [1.807, 2.05) is 11.5 Å². The van der Waals surface area contributed by atoms with Crippen molar-refractivity contribution >= 4 is 16.9 Å². The highest BCUT2D eigenvalue weighted by Gasteiger charge is 2.25. The lowest BCUT2D eigenvalue weighted by atomic mass is 10.1. The Bertz CT molecular complexity index is 1120. The third-order valence-electron chi connectivity index (χ3n) is 5.48. The van der Waals surface area contributed by atoms with Crippen molar-refractivity contribution in [2.45, 2.75) is 71.5 Å². The number of unbranched alkanes of at least 4 members (excludes halogenated alkanes) is 1. The van der Waals surface area contributed by atoms with Gasteiger partial charge in [-0.2, -0.15) is 5.26 Å². The first kappa shape index (κ1) is 20.6. The van der Waals surface area contributed by atoms with Gasteiger partial charge in [-0.15, -0.1) is 0 Å². The van der Waals surface area contributed by atoms with Crippen LogP contribution in [-0.2, 0) is 17.9 Å². The fourth-order valence-electron chi connectivity index (χ4n) is 3.92. The normalized spacial score (nSPS) is 15.5. The molecular formula is C20H26N6O3. The molecule has 9 nitrogen and oxygen atoms in total. The quantitative estimate of drug-likeness (QED) is 0.557. The van der Waals surface area contributed by atoms with E-state index in [1.165, 1.54) is 11.5 Å². The van der Waals surface area contributed by atoms with Crippen LogP contribution in [0.15, 0.2) is 27.2 Å². The molecule has 1 fully saturated rings. The van der Waals surface area contributed by atoms with Crippen LogP contribution in [0, 0.1) is 11.3 Å². The van der Waals surface area contributed by atoms with Crippen LogP contribution in [0.4, 0.5) is 0 Å². The van der Waals surface area contributed by atoms with E-state index >= 15 is 0 Å². The molecule has 1 saturated carbocycles. The van der Waals surface area contributed by atoms with Gasteiger partial charge >= 0.3 is 5.69 Å². The minimum atomic E-state index is -0.653. The minimum absolute atomic E-state index is 0.0638. The molecule has 2 heterocycles. The highest BCUT2D eigenvalue weighted by atomic mass is 16.2. The lowest BCUT2D eigenvalue weighted by molar-refractivity contribution is -0.115. The lowest BCUT2D eigenvalue weighted by Crippen LogP contribution is -2.42. The van der Waals surface area contributed by atoms with Crippen molar-refractivity contribution in [1.82, 2.24) is 18.7 Å². The number of Topliss-reactive ketones (excluding diaryl/α,β-unsaturated/α-hetero) is 1. The van der Waals surface area contributed by atoms with Crippen molar-refractivity contribution in [2.75, 3.05) is 0 Å². The Kier molecular flexibility index (Phi) is 6.01. The van der Waals surface area contributed by atoms with Gasteiger partial charge in [0, 0.05) is 18.3 Å². The molecule has 0 aliphatic heterocycles. The summed E-state index contributed by atoms with van der Waals surface area (Å²) in [5, 5.41) is 9.19. The minimum Gasteiger partial charge on any atom is -0.401 e. The number of nitrogens with zero attached hydrogens (tertiary/aromatic N) is 5. The second-order valence-corrected chi connectivity index (χ2v) is 7.53. The van der Waals surface area contributed by atoms with Crippen molar-refractivity contribution in [1.29, 1.82) is 5.26 Å². The number of allylic oxidation sites excluding steroid dienone is 2. The monoisotopic (exact) mass is 398 g/mol. The number of fused-ring (bicyclic) bond motifs is 1. The summed E-state index contributed by atoms with van der Waals surface area (Å²) in [4.78, 5) is 43.2. The smallest absolute Gasteiger partial charge is 0.333 e. The number of imidazole rings is 1. The zero-order chi connectivity index (χ0) is 21.1. The molecule has 2 aromatic heterocycles. The van der Waals surface area contributed by atoms with E-state index < -0.39 is 23.6 Å². The van der Waals surface area contributed by atoms with E-state index in [2.05, 4.69) is 4.98 Å². The van der Waals surface area contributed by atoms with Gasteiger partial charge in [0.25, 0.3) is 5.56 Å². The van der Waals surface area contributed by atoms with Crippen LogP contribution >= 0.6 is 0 Å². The van der Waals surface area contributed by atoms with Gasteiger partial charge in [0.15, 0.2) is 16.9 Å². The number of hydrogen-bond donors (Lipinski definition) is 1. The first-order chi connectivity index (χ1) is 13.9. The number of nitrogens with two attached hydrogens (primary N) is 1. The molecule has 9 heteroatoms. The van der Waals surface area contributed by atoms with E-state index in [4.69, 9.17) is 5.73 Å². The number of aryl methyl sites for hydroxylation is 1. The highest BCUT2D eigenvalue weighted by molar-refractivity contribution is 5.99. The van der Waals surface area contributed by atoms with Gasteiger partial charge in [0.2, 0.25) is 0 Å². The number of ketones is 1. The van der Waals surface area contributed by atoms with Crippen LogP contribution < -0.4 is 17.0 Å². The third kappa shape index (κ3) is 3.75. The Labute approximate surface area is 168 Å². The van der Waals surface area contributed by atoms with Crippen molar-refractivity contribution in [3.8, 4) is 6.07 Å². The predicted molar refractivity (Wildman–Crippen MR) is 108 cm³/mol. The Morgan fingerprint density at radius 3 is 2.59 bits per heavy atom. The topological polar surface area (TPSA) is 129 Å². The van der Waals surface area contributed by atoms with Crippen LogP contribution in [0.5, 0.6) is 0 Å². The fraction of sp³-hybridized carbons (Fsp3) is 0.550. The molecule has 0 saturated heterocycles. The number of rotatable bonds is 7. The van der Waals surface area contributed by atoms with Crippen molar-refractivity contribution < 1.29 is 4.79 Å². The Morgan fingerprint density at radius 2 is 2.00 bits per heavy atom. The van der Waals surface area contributed by atoms with Gasteiger partial charge in [0.1, 0.15) is 11.6 Å². The number of carbonyl (C=O) groups is 1. The molecule has 0 aromatic carbocycles. The Hall–Kier alpha value is -3.15. The molecule has 1 aliphatic rings. The first-order valence-corrected chi connectivity index (χ1v) is 10.0. The molecular weight excluding hydrogens is 372 g/mol. The van der Waals surface area contributed by atoms with E-state index in [0.717, 1.165) is 43.1 Å². The fourth-order valence-corrected chi connectivity index (χ4v) is 3.92. The molecule has 29 heavy (non-hydrogen) atoms. The SMILES string of the molecule is CCCCn1c(=O)n(CC(=O)/C(C#N)=C(\C)N)c(=O)c2c1ncn2C1CCCC1. The average molecular weight is 398 g/mol. The van der Waals surface area contributed by atoms with Crippen molar-refractivity contribution in [3.63, 3.8) is 0 Å². The van der Waals surface area contributed by atoms with Crippen LogP contribution in [0.3, 0.4) is 0 Å². The molecule has 0 bridgehead atoms. The van der Waals surface area contributed by atoms with Gasteiger partial charge in [0.05, 0.1) is 12.9 Å². The molecule has 154 valence electrons. The number of nitriles is 1. The summed E-state index contributed by atoms with van der Waals surface area (Å²) < 4.78 is 4.22. The van der Waals surface area contributed by atoms with E-state index in [9.17, 15) is 19.6 Å². The Balaban J connectivity index is 2.21. The number of aromatic nitrogens is 4. The molecule has 0 amide bonds. The van der Waals surface area contributed by atoms with Gasteiger partial charge < -0.3 is 10.3 Å². The first-order valence-electron chi connectivity index (χ1n) is 10.0. The molecule has 0 atom stereocenters. The second kappa shape index (κ2) is 8.47. The molecule has 2 aromatic rings. The van der Waals surface area contributed by atoms with Gasteiger partial charge in [-0.25, -0.2) is 9.78 Å². The van der Waals surface area contributed by atoms with E-state index in [-0.39, 0.29) is 17.3 Å². The number of carbonyl (C=O) groups excluding carboxylic acids is 1. The molecule has 0 spiro atoms. The van der Waals surface area contributed by atoms with E-state index in [0.29, 0.717) is 17.7 Å². The maximum atomic E-state index is 13.2. The average Bonchev–Trinajstić information content (AvgIpc) is 3.35. The molecule has 0 unspecified atom stereocenters. The van der Waals surface area contributed by atoms with Crippen molar-refractivity contribution in [2.24, 2.45) is 5.73 Å². The van der Waals surface area contributed by atoms with Gasteiger partial charge in [-0.05, 0) is 26.2 Å². The van der Waals surface area contributed by atoms with Crippen LogP contribution in [0.2, 0.25) is 0 Å². The summed E-state index contributed by atoms with van der Waals surface area (Å²) in [7, 11) is 0. The molecule has 0 radical (unpaired) electrons.